The Bertz CT molecular complexity index is 1190. The number of hydrogen-bond donors (Lipinski definition) is 3. The standard InChI is InChI=1S/C73H143NO5/c1-3-5-7-9-11-13-15-16-17-37-41-44-47-51-55-59-63-67-73(78)79-68-64-60-56-52-48-45-42-39-36-34-32-30-28-26-24-22-20-18-19-21-23-25-27-29-31-33-35-38-40-43-46-50-54-58-62-66-72(77)74-70(69-75)71(76)65-61-57-53-49-14-12-10-8-6-4-2/h20,22,70-71,75-76H,3-19,21,23-69H2,1-2H3,(H,74,77)/b22-20-. The second kappa shape index (κ2) is 69.1. The topological polar surface area (TPSA) is 95.9 Å². The molecule has 3 N–H and O–H groups in total. The quantitative estimate of drug-likeness (QED) is 0.0320. The molecule has 1 amide bonds. The highest BCUT2D eigenvalue weighted by molar-refractivity contribution is 5.76. The second-order valence-electron chi connectivity index (χ2n) is 25.3. The lowest BCUT2D eigenvalue weighted by Crippen LogP contribution is -2.45. The van der Waals surface area contributed by atoms with E-state index in [1.807, 2.05) is 0 Å². The van der Waals surface area contributed by atoms with Gasteiger partial charge in [-0.25, -0.2) is 0 Å². The number of carbonyl (C=O) groups excluding carboxylic acids is 2. The Hall–Kier alpha value is -1.40. The van der Waals surface area contributed by atoms with Crippen molar-refractivity contribution in [2.24, 2.45) is 0 Å². The van der Waals surface area contributed by atoms with Crippen molar-refractivity contribution in [2.45, 2.75) is 431 Å². The second-order valence-corrected chi connectivity index (χ2v) is 25.3. The van der Waals surface area contributed by atoms with Gasteiger partial charge < -0.3 is 20.3 Å². The van der Waals surface area contributed by atoms with Crippen LogP contribution in [0, 0.1) is 0 Å². The molecule has 0 aromatic carbocycles. The molecule has 0 aliphatic heterocycles. The lowest BCUT2D eigenvalue weighted by atomic mass is 10.0. The van der Waals surface area contributed by atoms with Crippen LogP contribution in [0.2, 0.25) is 0 Å². The maximum atomic E-state index is 12.4. The van der Waals surface area contributed by atoms with Gasteiger partial charge in [0.05, 0.1) is 25.4 Å². The molecule has 79 heavy (non-hydrogen) atoms. The van der Waals surface area contributed by atoms with Crippen molar-refractivity contribution in [3.05, 3.63) is 12.2 Å². The minimum atomic E-state index is -0.659. The molecule has 470 valence electrons. The number of rotatable bonds is 69. The summed E-state index contributed by atoms with van der Waals surface area (Å²) in [5.74, 6) is -0.00570. The van der Waals surface area contributed by atoms with Gasteiger partial charge in [0, 0.05) is 12.8 Å². The Morgan fingerprint density at radius 2 is 0.595 bits per heavy atom. The Kier molecular flexibility index (Phi) is 67.9. The Morgan fingerprint density at radius 1 is 0.342 bits per heavy atom. The fraction of sp³-hybridized carbons (Fsp3) is 0.945. The van der Waals surface area contributed by atoms with Crippen molar-refractivity contribution < 1.29 is 24.5 Å². The first-order valence-electron chi connectivity index (χ1n) is 36.4. The third-order valence-corrected chi connectivity index (χ3v) is 17.3. The number of allylic oxidation sites excluding steroid dienone is 2. The van der Waals surface area contributed by atoms with Gasteiger partial charge in [-0.1, -0.05) is 366 Å². The zero-order valence-electron chi connectivity index (χ0n) is 53.9. The lowest BCUT2D eigenvalue weighted by Gasteiger charge is -2.22. The predicted octanol–water partition coefficient (Wildman–Crippen LogP) is 23.5. The fourth-order valence-electron chi connectivity index (χ4n) is 11.8. The summed E-state index contributed by atoms with van der Waals surface area (Å²) in [5.41, 5.74) is 0. The average molecular weight is 1110 g/mol. The molecule has 0 bridgehead atoms. The molecule has 6 heteroatoms. The molecular formula is C73H143NO5. The van der Waals surface area contributed by atoms with E-state index in [2.05, 4.69) is 31.3 Å². The van der Waals surface area contributed by atoms with Crippen molar-refractivity contribution in [3.63, 3.8) is 0 Å². The molecule has 0 spiro atoms. The number of aliphatic hydroxyl groups is 2. The molecule has 0 radical (unpaired) electrons. The summed E-state index contributed by atoms with van der Waals surface area (Å²) in [5, 5.41) is 23.2. The highest BCUT2D eigenvalue weighted by Gasteiger charge is 2.20. The zero-order chi connectivity index (χ0) is 57.1. The first kappa shape index (κ1) is 77.6. The zero-order valence-corrected chi connectivity index (χ0v) is 53.9. The third kappa shape index (κ3) is 65.6. The van der Waals surface area contributed by atoms with E-state index in [9.17, 15) is 19.8 Å². The van der Waals surface area contributed by atoms with Crippen LogP contribution in [0.3, 0.4) is 0 Å². The minimum absolute atomic E-state index is 0.0251. The van der Waals surface area contributed by atoms with Crippen LogP contribution in [-0.4, -0.2) is 47.4 Å². The van der Waals surface area contributed by atoms with Crippen LogP contribution >= 0.6 is 0 Å². The summed E-state index contributed by atoms with van der Waals surface area (Å²) >= 11 is 0. The van der Waals surface area contributed by atoms with E-state index in [1.54, 1.807) is 0 Å². The molecule has 6 nitrogen and oxygen atoms in total. The third-order valence-electron chi connectivity index (χ3n) is 17.3. The number of carbonyl (C=O) groups is 2. The van der Waals surface area contributed by atoms with Crippen molar-refractivity contribution in [2.75, 3.05) is 13.2 Å². The van der Waals surface area contributed by atoms with Gasteiger partial charge in [-0.05, 0) is 51.4 Å². The van der Waals surface area contributed by atoms with Gasteiger partial charge in [-0.15, -0.1) is 0 Å². The highest BCUT2D eigenvalue weighted by atomic mass is 16.5. The summed E-state index contributed by atoms with van der Waals surface area (Å²) in [7, 11) is 0. The SMILES string of the molecule is CCCCCCCCCCCCCCCCCCCC(=O)OCCCCCCCCCCCCCCCC/C=C\CCCCCCCCCCCCCCCCCCCC(=O)NC(CO)C(O)CCCCCCCCCCCC. The van der Waals surface area contributed by atoms with E-state index in [1.165, 1.54) is 347 Å². The molecule has 0 aromatic heterocycles. The molecule has 0 fully saturated rings. The first-order valence-corrected chi connectivity index (χ1v) is 36.4. The van der Waals surface area contributed by atoms with E-state index in [0.717, 1.165) is 38.5 Å². The van der Waals surface area contributed by atoms with Crippen LogP contribution in [0.5, 0.6) is 0 Å². The van der Waals surface area contributed by atoms with Gasteiger partial charge in [0.25, 0.3) is 0 Å². The summed E-state index contributed by atoms with van der Waals surface area (Å²) in [4.78, 5) is 24.6. The van der Waals surface area contributed by atoms with Gasteiger partial charge >= 0.3 is 5.97 Å². The number of hydrogen-bond acceptors (Lipinski definition) is 5. The van der Waals surface area contributed by atoms with E-state index in [0.29, 0.717) is 25.9 Å². The number of unbranched alkanes of at least 4 members (excludes halogenated alkanes) is 56. The van der Waals surface area contributed by atoms with E-state index < -0.39 is 12.1 Å². The van der Waals surface area contributed by atoms with Gasteiger partial charge in [0.15, 0.2) is 0 Å². The van der Waals surface area contributed by atoms with Crippen LogP contribution < -0.4 is 5.32 Å². The molecule has 0 saturated carbocycles. The van der Waals surface area contributed by atoms with Gasteiger partial charge in [0.1, 0.15) is 0 Å². The minimum Gasteiger partial charge on any atom is -0.466 e. The summed E-state index contributed by atoms with van der Waals surface area (Å²) in [6.07, 6.45) is 85.8. The largest absolute Gasteiger partial charge is 0.466 e. The number of amides is 1. The number of ether oxygens (including phenoxy) is 1. The maximum Gasteiger partial charge on any atom is 0.305 e. The van der Waals surface area contributed by atoms with E-state index in [4.69, 9.17) is 4.74 Å². The maximum absolute atomic E-state index is 12.4. The van der Waals surface area contributed by atoms with Crippen molar-refractivity contribution >= 4 is 11.9 Å². The van der Waals surface area contributed by atoms with Crippen molar-refractivity contribution in [1.29, 1.82) is 0 Å². The van der Waals surface area contributed by atoms with Gasteiger partial charge in [-0.3, -0.25) is 9.59 Å². The number of esters is 1. The number of nitrogens with one attached hydrogen (secondary N) is 1. The molecule has 2 unspecified atom stereocenters. The van der Waals surface area contributed by atoms with Crippen molar-refractivity contribution in [1.82, 2.24) is 5.32 Å². The first-order chi connectivity index (χ1) is 39.0. The average Bonchev–Trinajstić information content (AvgIpc) is 3.45. The van der Waals surface area contributed by atoms with Gasteiger partial charge in [0.2, 0.25) is 5.91 Å². The number of aliphatic hydroxyl groups excluding tert-OH is 2. The van der Waals surface area contributed by atoms with Crippen LogP contribution in [0.25, 0.3) is 0 Å². The molecular weight excluding hydrogens is 971 g/mol. The van der Waals surface area contributed by atoms with Crippen LogP contribution in [0.15, 0.2) is 12.2 Å². The molecule has 0 aliphatic carbocycles. The molecule has 0 aliphatic rings. The van der Waals surface area contributed by atoms with Crippen molar-refractivity contribution in [3.8, 4) is 0 Å². The lowest BCUT2D eigenvalue weighted by molar-refractivity contribution is -0.143. The summed E-state index contributed by atoms with van der Waals surface area (Å²) in [6, 6.07) is -0.536. The summed E-state index contributed by atoms with van der Waals surface area (Å²) in [6.45, 7) is 4.98. The molecule has 0 rings (SSSR count). The Morgan fingerprint density at radius 3 is 0.899 bits per heavy atom. The molecule has 0 saturated heterocycles. The highest BCUT2D eigenvalue weighted by Crippen LogP contribution is 2.19. The monoisotopic (exact) mass is 1110 g/mol. The van der Waals surface area contributed by atoms with Crippen LogP contribution in [0.4, 0.5) is 0 Å². The molecule has 2 atom stereocenters. The van der Waals surface area contributed by atoms with Gasteiger partial charge in [-0.2, -0.15) is 0 Å². The van der Waals surface area contributed by atoms with Crippen LogP contribution in [0.1, 0.15) is 418 Å². The molecule has 0 heterocycles. The smallest absolute Gasteiger partial charge is 0.305 e. The molecule has 0 aromatic rings. The predicted molar refractivity (Wildman–Crippen MR) is 347 cm³/mol. The summed E-state index contributed by atoms with van der Waals surface area (Å²) < 4.78 is 5.51. The van der Waals surface area contributed by atoms with E-state index in [-0.39, 0.29) is 18.5 Å². The Labute approximate surface area is 495 Å². The van der Waals surface area contributed by atoms with E-state index >= 15 is 0 Å². The van der Waals surface area contributed by atoms with Crippen LogP contribution in [-0.2, 0) is 14.3 Å². The Balaban J connectivity index is 3.29. The fourth-order valence-corrected chi connectivity index (χ4v) is 11.8. The normalized spacial score (nSPS) is 12.5.